The van der Waals surface area contributed by atoms with Crippen molar-refractivity contribution in [3.05, 3.63) is 59.9 Å². The molecule has 184 valence electrons. The average Bonchev–Trinajstić information content (AvgIpc) is 3.46. The zero-order valence-corrected chi connectivity index (χ0v) is 19.2. The minimum Gasteiger partial charge on any atom is -0.376 e. The molecule has 2 saturated heterocycles. The smallest absolute Gasteiger partial charge is 0.376 e. The topological polar surface area (TPSA) is 63.5 Å². The zero-order chi connectivity index (χ0) is 24.3. The molecular formula is C24H30F3N5O2. The van der Waals surface area contributed by atoms with Crippen molar-refractivity contribution in [3.8, 4) is 0 Å². The van der Waals surface area contributed by atoms with Crippen LogP contribution >= 0.6 is 0 Å². The molecule has 1 amide bonds. The summed E-state index contributed by atoms with van der Waals surface area (Å²) < 4.78 is 46.0. The lowest BCUT2D eigenvalue weighted by molar-refractivity contribution is -0.137. The first kappa shape index (κ1) is 24.4. The SMILES string of the molecule is C=CC(=O)N1C[C@@H](COCc2ccc(C(F)(F)F)cc2)[C@H](n2cc(C3CCN(C)CC3)nn2)C1. The number of hydrogen-bond acceptors (Lipinski definition) is 5. The van der Waals surface area contributed by atoms with E-state index in [9.17, 15) is 18.0 Å². The Hall–Kier alpha value is -2.72. The molecule has 2 atom stereocenters. The Bertz CT molecular complexity index is 983. The second-order valence-corrected chi connectivity index (χ2v) is 9.19. The first-order valence-corrected chi connectivity index (χ1v) is 11.5. The van der Waals surface area contributed by atoms with Crippen molar-refractivity contribution < 1.29 is 22.7 Å². The van der Waals surface area contributed by atoms with Crippen molar-refractivity contribution in [2.75, 3.05) is 39.8 Å². The third-order valence-electron chi connectivity index (χ3n) is 6.78. The Balaban J connectivity index is 1.40. The molecule has 1 aromatic carbocycles. The Morgan fingerprint density at radius 1 is 1.21 bits per heavy atom. The molecule has 0 radical (unpaired) electrons. The summed E-state index contributed by atoms with van der Waals surface area (Å²) >= 11 is 0. The minimum absolute atomic E-state index is 0.0228. The number of halogens is 3. The maximum atomic E-state index is 12.8. The molecule has 3 heterocycles. The Kier molecular flexibility index (Phi) is 7.37. The van der Waals surface area contributed by atoms with Crippen LogP contribution in [0.5, 0.6) is 0 Å². The predicted molar refractivity (Wildman–Crippen MR) is 120 cm³/mol. The van der Waals surface area contributed by atoms with Crippen molar-refractivity contribution in [3.63, 3.8) is 0 Å². The van der Waals surface area contributed by atoms with Gasteiger partial charge in [-0.2, -0.15) is 13.2 Å². The first-order valence-electron chi connectivity index (χ1n) is 11.5. The van der Waals surface area contributed by atoms with Gasteiger partial charge in [0, 0.05) is 31.1 Å². The Morgan fingerprint density at radius 2 is 1.91 bits per heavy atom. The number of carbonyl (C=O) groups excluding carboxylic acids is 1. The molecule has 10 heteroatoms. The largest absolute Gasteiger partial charge is 0.416 e. The van der Waals surface area contributed by atoms with Gasteiger partial charge in [-0.3, -0.25) is 4.79 Å². The van der Waals surface area contributed by atoms with Crippen molar-refractivity contribution in [2.45, 2.75) is 37.6 Å². The van der Waals surface area contributed by atoms with Gasteiger partial charge in [-0.15, -0.1) is 5.10 Å². The van der Waals surface area contributed by atoms with Crippen LogP contribution < -0.4 is 0 Å². The number of amides is 1. The first-order chi connectivity index (χ1) is 16.2. The lowest BCUT2D eigenvalue weighted by atomic mass is 9.94. The van der Waals surface area contributed by atoms with E-state index in [1.807, 2.05) is 10.9 Å². The molecule has 2 aliphatic heterocycles. The molecular weight excluding hydrogens is 447 g/mol. The van der Waals surface area contributed by atoms with Gasteiger partial charge in [0.25, 0.3) is 0 Å². The van der Waals surface area contributed by atoms with Gasteiger partial charge in [0.2, 0.25) is 5.91 Å². The fraction of sp³-hybridized carbons (Fsp3) is 0.542. The van der Waals surface area contributed by atoms with E-state index in [0.717, 1.165) is 43.8 Å². The van der Waals surface area contributed by atoms with Crippen LogP contribution in [0.1, 0.15) is 41.6 Å². The molecule has 0 saturated carbocycles. The molecule has 0 aliphatic carbocycles. The van der Waals surface area contributed by atoms with Crippen LogP contribution in [-0.4, -0.2) is 70.5 Å². The van der Waals surface area contributed by atoms with Crippen LogP contribution in [0, 0.1) is 5.92 Å². The van der Waals surface area contributed by atoms with Crippen molar-refractivity contribution >= 4 is 5.91 Å². The molecule has 7 nitrogen and oxygen atoms in total. The van der Waals surface area contributed by atoms with Crippen LogP contribution in [0.3, 0.4) is 0 Å². The number of benzene rings is 1. The lowest BCUT2D eigenvalue weighted by Gasteiger charge is -2.27. The molecule has 0 bridgehead atoms. The van der Waals surface area contributed by atoms with Gasteiger partial charge >= 0.3 is 6.18 Å². The number of carbonyl (C=O) groups is 1. The summed E-state index contributed by atoms with van der Waals surface area (Å²) in [6, 6.07) is 4.87. The summed E-state index contributed by atoms with van der Waals surface area (Å²) in [5.74, 6) is 0.211. The molecule has 34 heavy (non-hydrogen) atoms. The number of aromatic nitrogens is 3. The third kappa shape index (κ3) is 5.67. The fourth-order valence-corrected chi connectivity index (χ4v) is 4.69. The van der Waals surface area contributed by atoms with Crippen molar-refractivity contribution in [1.82, 2.24) is 24.8 Å². The number of rotatable bonds is 7. The summed E-state index contributed by atoms with van der Waals surface area (Å²) in [5.41, 5.74) is 0.954. The summed E-state index contributed by atoms with van der Waals surface area (Å²) in [6.07, 6.45) is 1.02. The molecule has 0 N–H and O–H groups in total. The van der Waals surface area contributed by atoms with E-state index >= 15 is 0 Å². The van der Waals surface area contributed by atoms with Crippen molar-refractivity contribution in [1.29, 1.82) is 0 Å². The van der Waals surface area contributed by atoms with E-state index in [4.69, 9.17) is 4.74 Å². The molecule has 2 fully saturated rings. The zero-order valence-electron chi connectivity index (χ0n) is 19.2. The van der Waals surface area contributed by atoms with E-state index in [0.29, 0.717) is 31.2 Å². The summed E-state index contributed by atoms with van der Waals surface area (Å²) in [6.45, 7) is 7.15. The van der Waals surface area contributed by atoms with Crippen LogP contribution in [0.25, 0.3) is 0 Å². The van der Waals surface area contributed by atoms with Gasteiger partial charge < -0.3 is 14.5 Å². The van der Waals surface area contributed by atoms with E-state index < -0.39 is 11.7 Å². The quantitative estimate of drug-likeness (QED) is 0.571. The highest BCUT2D eigenvalue weighted by atomic mass is 19.4. The minimum atomic E-state index is -4.36. The number of hydrogen-bond donors (Lipinski definition) is 0. The second-order valence-electron chi connectivity index (χ2n) is 9.19. The molecule has 0 spiro atoms. The average molecular weight is 478 g/mol. The molecule has 2 aliphatic rings. The number of alkyl halides is 3. The highest BCUT2D eigenvalue weighted by Crippen LogP contribution is 2.32. The van der Waals surface area contributed by atoms with Crippen LogP contribution in [-0.2, 0) is 22.3 Å². The normalized spacial score (nSPS) is 22.3. The molecule has 1 aromatic heterocycles. The maximum absolute atomic E-state index is 12.8. The van der Waals surface area contributed by atoms with Crippen LogP contribution in [0.15, 0.2) is 43.1 Å². The van der Waals surface area contributed by atoms with E-state index in [2.05, 4.69) is 28.8 Å². The Morgan fingerprint density at radius 3 is 2.56 bits per heavy atom. The molecule has 4 rings (SSSR count). The fourth-order valence-electron chi connectivity index (χ4n) is 4.69. The monoisotopic (exact) mass is 477 g/mol. The van der Waals surface area contributed by atoms with E-state index in [1.54, 1.807) is 4.90 Å². The standard InChI is InChI=1S/C24H30F3N5O2/c1-3-23(33)31-12-19(16-34-15-17-4-6-20(7-5-17)24(25,26)27)22(14-31)32-13-21(28-29-32)18-8-10-30(2)11-9-18/h3-7,13,18-19,22H,1,8-12,14-16H2,2H3/t19-,22+/m0/s1. The van der Waals surface area contributed by atoms with Crippen LogP contribution in [0.2, 0.25) is 0 Å². The van der Waals surface area contributed by atoms with Gasteiger partial charge in [-0.05, 0) is 56.8 Å². The predicted octanol–water partition coefficient (Wildman–Crippen LogP) is 3.51. The molecule has 2 aromatic rings. The number of likely N-dealkylation sites (tertiary alicyclic amines) is 2. The van der Waals surface area contributed by atoms with Gasteiger partial charge in [0.15, 0.2) is 0 Å². The number of nitrogens with zero attached hydrogens (tertiary/aromatic N) is 5. The van der Waals surface area contributed by atoms with E-state index in [-0.39, 0.29) is 24.5 Å². The van der Waals surface area contributed by atoms with Crippen molar-refractivity contribution in [2.24, 2.45) is 5.92 Å². The van der Waals surface area contributed by atoms with Gasteiger partial charge in [0.1, 0.15) is 0 Å². The lowest BCUT2D eigenvalue weighted by Crippen LogP contribution is -2.29. The van der Waals surface area contributed by atoms with E-state index in [1.165, 1.54) is 18.2 Å². The Labute approximate surface area is 197 Å². The van der Waals surface area contributed by atoms with Crippen LogP contribution in [0.4, 0.5) is 13.2 Å². The molecule has 0 unspecified atom stereocenters. The number of piperidine rings is 1. The number of ether oxygens (including phenoxy) is 1. The second kappa shape index (κ2) is 10.3. The summed E-state index contributed by atoms with van der Waals surface area (Å²) in [4.78, 5) is 16.3. The van der Waals surface area contributed by atoms with Gasteiger partial charge in [-0.25, -0.2) is 4.68 Å². The van der Waals surface area contributed by atoms with Gasteiger partial charge in [-0.1, -0.05) is 23.9 Å². The summed E-state index contributed by atoms with van der Waals surface area (Å²) in [5, 5.41) is 8.82. The summed E-state index contributed by atoms with van der Waals surface area (Å²) in [7, 11) is 2.12. The third-order valence-corrected chi connectivity index (χ3v) is 6.78. The van der Waals surface area contributed by atoms with Gasteiger partial charge in [0.05, 0.1) is 30.5 Å². The maximum Gasteiger partial charge on any atom is 0.416 e. The highest BCUT2D eigenvalue weighted by molar-refractivity contribution is 5.87. The highest BCUT2D eigenvalue weighted by Gasteiger charge is 2.37.